The van der Waals surface area contributed by atoms with Gasteiger partial charge in [-0.05, 0) is 46.0 Å². The number of carboxylic acid groups (broad SMARTS) is 1. The third-order valence-corrected chi connectivity index (χ3v) is 8.52. The van der Waals surface area contributed by atoms with Crippen molar-refractivity contribution in [3.05, 3.63) is 0 Å². The van der Waals surface area contributed by atoms with Crippen LogP contribution in [0.4, 0.5) is 0 Å². The number of hydrogen-bond donors (Lipinski definition) is 13. The Morgan fingerprint density at radius 2 is 1.07 bits per heavy atom. The van der Waals surface area contributed by atoms with Gasteiger partial charge in [-0.25, -0.2) is 4.79 Å². The van der Waals surface area contributed by atoms with Gasteiger partial charge in [0.05, 0.1) is 19.6 Å². The van der Waals surface area contributed by atoms with Crippen LogP contribution < -0.4 is 53.6 Å². The Kier molecular flexibility index (Phi) is 22.7. The van der Waals surface area contributed by atoms with Crippen molar-refractivity contribution in [3.63, 3.8) is 0 Å². The number of rotatable bonds is 24. The second-order valence-corrected chi connectivity index (χ2v) is 14.8. The SMILES string of the molecule is CC(C)C[C@H](NC(=O)CNC(=O)[C@@H](NC(=O)[C@H](C)NC(=O)[C@H](CS)NC(=O)CNC(=O)CN)C(C)C)C(=O)N[C@@H](C)C(=O)NC(C)(C)C(=O)N[C@@H](CS)C(=O)O. The molecule has 0 rings (SSSR count). The molecule has 0 aromatic carbocycles. The Hall–Kier alpha value is -4.64. The number of amides is 9. The molecular weight excluding hydrogens is 777 g/mol. The van der Waals surface area contributed by atoms with Crippen molar-refractivity contribution in [1.82, 2.24) is 47.9 Å². The first-order chi connectivity index (χ1) is 25.9. The maximum Gasteiger partial charge on any atom is 0.327 e. The number of nitrogens with one attached hydrogen (secondary N) is 9. The minimum Gasteiger partial charge on any atom is -0.480 e. The molecule has 0 aliphatic carbocycles. The number of aliphatic carboxylic acids is 1. The lowest BCUT2D eigenvalue weighted by molar-refractivity contribution is -0.142. The normalized spacial score (nSPS) is 14.4. The molecule has 318 valence electrons. The molecule has 0 bridgehead atoms. The molecule has 56 heavy (non-hydrogen) atoms. The van der Waals surface area contributed by atoms with Crippen LogP contribution in [0.5, 0.6) is 0 Å². The van der Waals surface area contributed by atoms with Gasteiger partial charge < -0.3 is 58.7 Å². The lowest BCUT2D eigenvalue weighted by Crippen LogP contribution is -2.61. The lowest BCUT2D eigenvalue weighted by atomic mass is 10.0. The quantitative estimate of drug-likeness (QED) is 0.0411. The number of nitrogens with two attached hydrogens (primary N) is 1. The summed E-state index contributed by atoms with van der Waals surface area (Å²) < 4.78 is 0. The topological polar surface area (TPSA) is 325 Å². The standard InChI is InChI=1S/C33H58N10O11S2/c1-15(2)9-19(28(49)38-18(6)27(48)43-33(7,8)32(54)41-21(14-56)31(52)53)39-24(46)12-36-30(51)25(16(3)4)42-26(47)17(5)37-29(50)20(13-55)40-23(45)11-35-22(44)10-34/h15-21,25,55-56H,9-14,34H2,1-8H3,(H,35,44)(H,36,51)(H,37,50)(H,38,49)(H,39,46)(H,40,45)(H,41,54)(H,42,47)(H,43,48)(H,52,53)/t17-,18-,19-,20-,21-,25-/m0/s1. The molecule has 6 atom stereocenters. The molecule has 23 heteroatoms. The highest BCUT2D eigenvalue weighted by Gasteiger charge is 2.35. The van der Waals surface area contributed by atoms with E-state index in [1.807, 2.05) is 0 Å². The second kappa shape index (κ2) is 24.8. The zero-order valence-electron chi connectivity index (χ0n) is 32.9. The summed E-state index contributed by atoms with van der Waals surface area (Å²) in [5.74, 6) is -8.83. The van der Waals surface area contributed by atoms with Crippen LogP contribution >= 0.6 is 25.3 Å². The Bertz CT molecular complexity index is 1450. The van der Waals surface area contributed by atoms with Gasteiger partial charge in [-0.15, -0.1) is 0 Å². The lowest BCUT2D eigenvalue weighted by Gasteiger charge is -2.29. The first-order valence-electron chi connectivity index (χ1n) is 17.7. The van der Waals surface area contributed by atoms with Crippen LogP contribution in [0.2, 0.25) is 0 Å². The Labute approximate surface area is 336 Å². The summed E-state index contributed by atoms with van der Waals surface area (Å²) >= 11 is 7.95. The van der Waals surface area contributed by atoms with E-state index in [4.69, 9.17) is 5.73 Å². The summed E-state index contributed by atoms with van der Waals surface area (Å²) in [7, 11) is 0. The van der Waals surface area contributed by atoms with Crippen LogP contribution in [-0.4, -0.2) is 137 Å². The van der Waals surface area contributed by atoms with Crippen LogP contribution in [-0.2, 0) is 47.9 Å². The molecular formula is C33H58N10O11S2. The number of carbonyl (C=O) groups is 10. The zero-order chi connectivity index (χ0) is 43.5. The van der Waals surface area contributed by atoms with Gasteiger partial charge >= 0.3 is 5.97 Å². The minimum atomic E-state index is -1.57. The van der Waals surface area contributed by atoms with E-state index in [1.54, 1.807) is 27.7 Å². The number of carbonyl (C=O) groups excluding carboxylic acids is 9. The van der Waals surface area contributed by atoms with Gasteiger partial charge in [0.15, 0.2) is 0 Å². The summed E-state index contributed by atoms with van der Waals surface area (Å²) in [6.45, 7) is 10.9. The van der Waals surface area contributed by atoms with Crippen molar-refractivity contribution in [2.45, 2.75) is 104 Å². The van der Waals surface area contributed by atoms with Gasteiger partial charge in [0.25, 0.3) is 0 Å². The molecule has 0 aromatic heterocycles. The third kappa shape index (κ3) is 18.8. The van der Waals surface area contributed by atoms with Crippen molar-refractivity contribution < 1.29 is 53.1 Å². The van der Waals surface area contributed by atoms with Crippen LogP contribution in [0.1, 0.15) is 61.8 Å². The van der Waals surface area contributed by atoms with E-state index in [2.05, 4.69) is 73.1 Å². The van der Waals surface area contributed by atoms with Crippen LogP contribution in [0, 0.1) is 11.8 Å². The maximum atomic E-state index is 13.2. The first kappa shape index (κ1) is 51.4. The van der Waals surface area contributed by atoms with Crippen molar-refractivity contribution in [2.24, 2.45) is 17.6 Å². The minimum absolute atomic E-state index is 0.104. The molecule has 21 nitrogen and oxygen atoms in total. The average molecular weight is 835 g/mol. The van der Waals surface area contributed by atoms with Gasteiger partial charge in [-0.1, -0.05) is 27.7 Å². The second-order valence-electron chi connectivity index (χ2n) is 14.1. The fourth-order valence-electron chi connectivity index (χ4n) is 4.49. The molecule has 0 aliphatic rings. The van der Waals surface area contributed by atoms with Crippen molar-refractivity contribution in [2.75, 3.05) is 31.1 Å². The van der Waals surface area contributed by atoms with Crippen LogP contribution in [0.25, 0.3) is 0 Å². The van der Waals surface area contributed by atoms with E-state index < -0.39 is 120 Å². The van der Waals surface area contributed by atoms with Gasteiger partial charge in [-0.2, -0.15) is 25.3 Å². The summed E-state index contributed by atoms with van der Waals surface area (Å²) in [6.07, 6.45) is 0.144. The highest BCUT2D eigenvalue weighted by atomic mass is 32.1. The number of thiol groups is 2. The van der Waals surface area contributed by atoms with Gasteiger partial charge in [0, 0.05) is 11.5 Å². The highest BCUT2D eigenvalue weighted by Crippen LogP contribution is 2.08. The fourth-order valence-corrected chi connectivity index (χ4v) is 4.99. The Balaban J connectivity index is 5.37. The Morgan fingerprint density at radius 1 is 0.589 bits per heavy atom. The molecule has 0 heterocycles. The number of hydrogen-bond acceptors (Lipinski definition) is 13. The molecule has 0 aliphatic heterocycles. The molecule has 0 unspecified atom stereocenters. The molecule has 12 N–H and O–H groups in total. The molecule has 0 saturated carbocycles. The predicted octanol–water partition coefficient (Wildman–Crippen LogP) is -4.33. The van der Waals surface area contributed by atoms with E-state index in [0.717, 1.165) is 0 Å². The average Bonchev–Trinajstić information content (AvgIpc) is 3.11. The van der Waals surface area contributed by atoms with E-state index >= 15 is 0 Å². The Morgan fingerprint density at radius 3 is 1.54 bits per heavy atom. The smallest absolute Gasteiger partial charge is 0.327 e. The van der Waals surface area contributed by atoms with E-state index in [0.29, 0.717) is 0 Å². The summed E-state index contributed by atoms with van der Waals surface area (Å²) in [4.78, 5) is 125. The van der Waals surface area contributed by atoms with Gasteiger partial charge in [-0.3, -0.25) is 43.2 Å². The van der Waals surface area contributed by atoms with E-state index in [9.17, 15) is 53.1 Å². The molecule has 0 spiro atoms. The largest absolute Gasteiger partial charge is 0.480 e. The highest BCUT2D eigenvalue weighted by molar-refractivity contribution is 7.80. The first-order valence-corrected chi connectivity index (χ1v) is 19.0. The van der Waals surface area contributed by atoms with Crippen LogP contribution in [0.15, 0.2) is 0 Å². The van der Waals surface area contributed by atoms with Gasteiger partial charge in [0.1, 0.15) is 41.8 Å². The maximum absolute atomic E-state index is 13.2. The van der Waals surface area contributed by atoms with E-state index in [-0.39, 0.29) is 30.4 Å². The van der Waals surface area contributed by atoms with E-state index in [1.165, 1.54) is 27.7 Å². The third-order valence-electron chi connectivity index (χ3n) is 7.79. The van der Waals surface area contributed by atoms with Crippen molar-refractivity contribution in [1.29, 1.82) is 0 Å². The molecule has 0 aromatic rings. The molecule has 0 saturated heterocycles. The summed E-state index contributed by atoms with van der Waals surface area (Å²) in [6, 6.07) is -7.13. The van der Waals surface area contributed by atoms with Crippen molar-refractivity contribution >= 4 is 84.4 Å². The zero-order valence-corrected chi connectivity index (χ0v) is 34.7. The van der Waals surface area contributed by atoms with Crippen LogP contribution in [0.3, 0.4) is 0 Å². The number of carboxylic acids is 1. The monoisotopic (exact) mass is 834 g/mol. The van der Waals surface area contributed by atoms with Gasteiger partial charge in [0.2, 0.25) is 53.2 Å². The molecule has 0 fully saturated rings. The fraction of sp³-hybridized carbons (Fsp3) is 0.697. The summed E-state index contributed by atoms with van der Waals surface area (Å²) in [5, 5.41) is 30.9. The molecule has 9 amide bonds. The van der Waals surface area contributed by atoms with Crippen molar-refractivity contribution in [3.8, 4) is 0 Å². The molecule has 0 radical (unpaired) electrons. The predicted molar refractivity (Wildman–Crippen MR) is 210 cm³/mol. The summed E-state index contributed by atoms with van der Waals surface area (Å²) in [5.41, 5.74) is 3.60.